The summed E-state index contributed by atoms with van der Waals surface area (Å²) in [5, 5.41) is 24.4. The first kappa shape index (κ1) is 29.4. The lowest BCUT2D eigenvalue weighted by Crippen LogP contribution is -2.52. The topological polar surface area (TPSA) is 176 Å². The lowest BCUT2D eigenvalue weighted by molar-refractivity contribution is -0.192. The summed E-state index contributed by atoms with van der Waals surface area (Å²) in [7, 11) is -2.83. The number of hydrogen-bond donors (Lipinski definition) is 2. The smallest absolute Gasteiger partial charge is 0.475 e. The van der Waals surface area contributed by atoms with Gasteiger partial charge in [0.15, 0.2) is 5.82 Å². The third kappa shape index (κ3) is 6.27. The monoisotopic (exact) mass is 593 g/mol. The van der Waals surface area contributed by atoms with Gasteiger partial charge in [-0.1, -0.05) is 5.21 Å². The van der Waals surface area contributed by atoms with E-state index in [9.17, 15) is 17.4 Å². The number of rotatable bonds is 3. The zero-order chi connectivity index (χ0) is 30.0. The Morgan fingerprint density at radius 2 is 1.98 bits per heavy atom. The van der Waals surface area contributed by atoms with Crippen LogP contribution in [0, 0.1) is 17.1 Å². The van der Waals surface area contributed by atoms with Crippen LogP contribution in [0.4, 0.5) is 17.6 Å². The molecule has 41 heavy (non-hydrogen) atoms. The molecule has 12 nitrogen and oxygen atoms in total. The average Bonchev–Trinajstić information content (AvgIpc) is 3.31. The van der Waals surface area contributed by atoms with E-state index in [1.807, 2.05) is 6.07 Å². The Labute approximate surface area is 231 Å². The number of aliphatic imine (C=N–C) groups is 1. The van der Waals surface area contributed by atoms with Gasteiger partial charge in [-0.2, -0.15) is 18.4 Å². The maximum Gasteiger partial charge on any atom is 0.490 e. The van der Waals surface area contributed by atoms with Crippen molar-refractivity contribution in [3.63, 3.8) is 0 Å². The summed E-state index contributed by atoms with van der Waals surface area (Å²) in [5.41, 5.74) is 6.86. The predicted molar refractivity (Wildman–Crippen MR) is 138 cm³/mol. The molecular formula is C24H23F4N9O3S. The van der Waals surface area contributed by atoms with Crippen molar-refractivity contribution in [2.75, 3.05) is 18.8 Å². The second-order valence-electron chi connectivity index (χ2n) is 9.22. The minimum Gasteiger partial charge on any atom is -0.475 e. The Hall–Kier alpha value is -4.59. The first-order valence-electron chi connectivity index (χ1n) is 12.0. The maximum atomic E-state index is 15.1. The molecule has 216 valence electrons. The number of pyridine rings is 1. The van der Waals surface area contributed by atoms with Crippen molar-refractivity contribution in [1.29, 1.82) is 5.26 Å². The number of aromatic nitrogens is 4. The molecule has 3 aromatic rings. The van der Waals surface area contributed by atoms with Crippen molar-refractivity contribution in [3.05, 3.63) is 59.7 Å². The SMILES string of the molecule is C[C@@]1(c2cc(-c3cn(-c4ccc(C#N)cn4)nn3)ccc2F)C[S@]2(=O)=NCCCCN2C(N)=N1.O=C(O)C(F)(F)F. The lowest BCUT2D eigenvalue weighted by Gasteiger charge is -2.38. The number of fused-ring (bicyclic) bond motifs is 1. The number of hydrogen-bond acceptors (Lipinski definition) is 9. The fourth-order valence-electron chi connectivity index (χ4n) is 4.21. The van der Waals surface area contributed by atoms with Crippen LogP contribution >= 0.6 is 0 Å². The molecule has 0 unspecified atom stereocenters. The lowest BCUT2D eigenvalue weighted by atomic mass is 9.92. The Bertz CT molecular complexity index is 1660. The van der Waals surface area contributed by atoms with Crippen molar-refractivity contribution in [2.45, 2.75) is 31.5 Å². The van der Waals surface area contributed by atoms with E-state index >= 15 is 4.39 Å². The van der Waals surface area contributed by atoms with Gasteiger partial charge < -0.3 is 10.8 Å². The standard InChI is InChI=1S/C22H22FN9OS.C2HF3O2/c1-22(14-34(33)27-8-2-3-9-32(34)21(25)28-22)17-10-16(5-6-18(17)23)19-13-31(30-29-19)20-7-4-15(11-24)12-26-20;3-2(4,5)1(6)7/h4-7,10,12-13H,2-3,8-9,14H2,1H3,(H2,25,28);(H,6,7)/t22-,34-;/m0./s1. The van der Waals surface area contributed by atoms with E-state index in [4.69, 9.17) is 20.9 Å². The largest absolute Gasteiger partial charge is 0.490 e. The zero-order valence-corrected chi connectivity index (χ0v) is 22.2. The molecule has 17 heteroatoms. The second kappa shape index (κ2) is 11.1. The summed E-state index contributed by atoms with van der Waals surface area (Å²) in [5.74, 6) is -2.58. The molecule has 0 bridgehead atoms. The Balaban J connectivity index is 0.000000493. The van der Waals surface area contributed by atoms with Gasteiger partial charge in [0.2, 0.25) is 5.96 Å². The van der Waals surface area contributed by atoms with Crippen LogP contribution in [0.2, 0.25) is 0 Å². The van der Waals surface area contributed by atoms with Gasteiger partial charge in [0.25, 0.3) is 0 Å². The molecule has 2 aliphatic heterocycles. The summed E-state index contributed by atoms with van der Waals surface area (Å²) in [4.78, 5) is 17.7. The van der Waals surface area contributed by atoms with Crippen LogP contribution in [0.1, 0.15) is 30.9 Å². The number of halogens is 4. The number of nitrogens with zero attached hydrogens (tertiary/aromatic N) is 8. The minimum absolute atomic E-state index is 0.0446. The highest BCUT2D eigenvalue weighted by molar-refractivity contribution is 7.92. The summed E-state index contributed by atoms with van der Waals surface area (Å²) in [6.07, 6.45) is -0.330. The molecule has 0 radical (unpaired) electrons. The van der Waals surface area contributed by atoms with Gasteiger partial charge in [-0.15, -0.1) is 5.10 Å². The van der Waals surface area contributed by atoms with E-state index in [1.165, 1.54) is 16.9 Å². The van der Waals surface area contributed by atoms with Crippen molar-refractivity contribution < 1.29 is 31.7 Å². The van der Waals surface area contributed by atoms with Gasteiger partial charge in [0.05, 0.1) is 24.1 Å². The van der Waals surface area contributed by atoms with Crippen molar-refractivity contribution in [1.82, 2.24) is 24.3 Å². The third-order valence-electron chi connectivity index (χ3n) is 6.18. The van der Waals surface area contributed by atoms with Gasteiger partial charge >= 0.3 is 12.1 Å². The third-order valence-corrected chi connectivity index (χ3v) is 8.77. The van der Waals surface area contributed by atoms with Gasteiger partial charge in [0, 0.05) is 23.9 Å². The molecule has 0 aliphatic carbocycles. The molecule has 0 amide bonds. The predicted octanol–water partition coefficient (Wildman–Crippen LogP) is 3.00. The molecule has 1 aromatic carbocycles. The quantitative estimate of drug-likeness (QED) is 0.436. The van der Waals surface area contributed by atoms with Crippen LogP contribution in [0.5, 0.6) is 0 Å². The second-order valence-corrected chi connectivity index (χ2v) is 11.4. The van der Waals surface area contributed by atoms with Gasteiger partial charge in [-0.3, -0.25) is 4.31 Å². The number of guanidine groups is 1. The summed E-state index contributed by atoms with van der Waals surface area (Å²) in [6, 6.07) is 9.89. The molecule has 2 aromatic heterocycles. The van der Waals surface area contributed by atoms with Crippen molar-refractivity contribution >= 4 is 21.8 Å². The highest BCUT2D eigenvalue weighted by Gasteiger charge is 2.42. The number of carboxylic acids is 1. The summed E-state index contributed by atoms with van der Waals surface area (Å²) < 4.78 is 68.0. The fraction of sp³-hybridized carbons (Fsp3) is 0.333. The molecule has 2 aliphatic rings. The van der Waals surface area contributed by atoms with Gasteiger partial charge in [0.1, 0.15) is 33.0 Å². The number of nitriles is 1. The van der Waals surface area contributed by atoms with Crippen molar-refractivity contribution in [2.24, 2.45) is 15.1 Å². The van der Waals surface area contributed by atoms with Crippen LogP contribution in [0.25, 0.3) is 17.1 Å². The van der Waals surface area contributed by atoms with Crippen LogP contribution in [-0.2, 0) is 20.2 Å². The Morgan fingerprint density at radius 1 is 1.24 bits per heavy atom. The van der Waals surface area contributed by atoms with Crippen molar-refractivity contribution in [3.8, 4) is 23.1 Å². The zero-order valence-electron chi connectivity index (χ0n) is 21.4. The first-order valence-corrected chi connectivity index (χ1v) is 13.6. The Kier molecular flexibility index (Phi) is 7.97. The molecule has 5 rings (SSSR count). The maximum absolute atomic E-state index is 15.1. The van der Waals surface area contributed by atoms with E-state index < -0.39 is 33.4 Å². The van der Waals surface area contributed by atoms with Crippen LogP contribution in [-0.4, -0.2) is 70.5 Å². The van der Waals surface area contributed by atoms with Crippen LogP contribution in [0.3, 0.4) is 0 Å². The van der Waals surface area contributed by atoms with E-state index in [0.29, 0.717) is 35.7 Å². The number of nitrogens with two attached hydrogens (primary N) is 1. The number of benzene rings is 1. The number of aliphatic carboxylic acids is 1. The number of alkyl halides is 3. The molecule has 0 saturated carbocycles. The highest BCUT2D eigenvalue weighted by atomic mass is 32.2. The van der Waals surface area contributed by atoms with E-state index in [0.717, 1.165) is 12.8 Å². The van der Waals surface area contributed by atoms with Gasteiger partial charge in [-0.25, -0.2) is 32.4 Å². The van der Waals surface area contributed by atoms with Crippen LogP contribution in [0.15, 0.2) is 52.1 Å². The van der Waals surface area contributed by atoms with E-state index in [2.05, 4.69) is 24.7 Å². The van der Waals surface area contributed by atoms with E-state index in [-0.39, 0.29) is 17.3 Å². The minimum atomic E-state index is -5.08. The highest BCUT2D eigenvalue weighted by Crippen LogP contribution is 2.37. The Morgan fingerprint density at radius 3 is 2.61 bits per heavy atom. The molecule has 2 atom stereocenters. The molecule has 0 fully saturated rings. The average molecular weight is 594 g/mol. The number of carbonyl (C=O) groups is 1. The summed E-state index contributed by atoms with van der Waals surface area (Å²) >= 11 is 0. The molecule has 0 saturated heterocycles. The van der Waals surface area contributed by atoms with Crippen LogP contribution < -0.4 is 5.73 Å². The number of carboxylic acid groups (broad SMARTS) is 1. The molecular weight excluding hydrogens is 570 g/mol. The normalized spacial score (nSPS) is 22.1. The van der Waals surface area contributed by atoms with E-state index in [1.54, 1.807) is 41.7 Å². The molecule has 3 N–H and O–H groups in total. The molecule has 0 spiro atoms. The van der Waals surface area contributed by atoms with Gasteiger partial charge in [-0.05, 0) is 50.1 Å². The summed E-state index contributed by atoms with van der Waals surface area (Å²) in [6.45, 7) is 2.72. The molecule has 4 heterocycles. The first-order chi connectivity index (χ1) is 19.3. The fourth-order valence-corrected chi connectivity index (χ4v) is 6.71.